The van der Waals surface area contributed by atoms with Crippen molar-refractivity contribution < 1.29 is 0 Å². The molecule has 0 fully saturated rings. The van der Waals surface area contributed by atoms with E-state index in [0.717, 1.165) is 5.02 Å². The van der Waals surface area contributed by atoms with Gasteiger partial charge in [0.1, 0.15) is 0 Å². The van der Waals surface area contributed by atoms with E-state index in [1.165, 1.54) is 31.2 Å². The second kappa shape index (κ2) is 7.73. The normalized spacial score (nSPS) is 14.6. The minimum absolute atomic E-state index is 0.422. The Kier molecular flexibility index (Phi) is 6.61. The lowest BCUT2D eigenvalue weighted by Gasteiger charge is -2.26. The van der Waals surface area contributed by atoms with Crippen molar-refractivity contribution in [1.29, 1.82) is 0 Å². The molecule has 0 aliphatic heterocycles. The van der Waals surface area contributed by atoms with Crippen LogP contribution in [0.5, 0.6) is 0 Å². The van der Waals surface area contributed by atoms with Gasteiger partial charge in [0.2, 0.25) is 0 Å². The summed E-state index contributed by atoms with van der Waals surface area (Å²) in [4.78, 5) is 0. The van der Waals surface area contributed by atoms with Crippen LogP contribution in [0.15, 0.2) is 24.3 Å². The largest absolute Gasteiger partial charge is 0.313 e. The zero-order valence-corrected chi connectivity index (χ0v) is 11.9. The molecule has 0 bridgehead atoms. The molecule has 0 aromatic heterocycles. The molecule has 0 spiro atoms. The fourth-order valence-corrected chi connectivity index (χ4v) is 2.65. The maximum absolute atomic E-state index is 6.07. The molecule has 2 unspecified atom stereocenters. The van der Waals surface area contributed by atoms with Gasteiger partial charge in [0, 0.05) is 11.1 Å². The van der Waals surface area contributed by atoms with Crippen molar-refractivity contribution in [3.8, 4) is 0 Å². The molecular weight excluding hydrogens is 230 g/mol. The highest BCUT2D eigenvalue weighted by atomic mass is 35.5. The molecule has 2 atom stereocenters. The van der Waals surface area contributed by atoms with Crippen molar-refractivity contribution >= 4 is 11.6 Å². The number of hydrogen-bond donors (Lipinski definition) is 1. The van der Waals surface area contributed by atoms with E-state index < -0.39 is 0 Å². The maximum Gasteiger partial charge on any atom is 0.0409 e. The number of halogens is 1. The molecule has 1 nitrogen and oxygen atoms in total. The van der Waals surface area contributed by atoms with Crippen molar-refractivity contribution in [1.82, 2.24) is 5.32 Å². The molecule has 2 heteroatoms. The van der Waals surface area contributed by atoms with Crippen LogP contribution < -0.4 is 5.32 Å². The Morgan fingerprint density at radius 2 is 2.06 bits per heavy atom. The van der Waals surface area contributed by atoms with E-state index in [9.17, 15) is 0 Å². The van der Waals surface area contributed by atoms with E-state index >= 15 is 0 Å². The Bertz CT molecular complexity index is 324. The van der Waals surface area contributed by atoms with Crippen LogP contribution in [0.2, 0.25) is 5.02 Å². The van der Waals surface area contributed by atoms with Crippen LogP contribution in [0.3, 0.4) is 0 Å². The third-order valence-electron chi connectivity index (χ3n) is 3.44. The SMILES string of the molecule is CCCCC(CC)C(NC)c1cccc(Cl)c1. The maximum atomic E-state index is 6.07. The van der Waals surface area contributed by atoms with Crippen LogP contribution in [-0.2, 0) is 0 Å². The number of unbranched alkanes of at least 4 members (excludes halogenated alkanes) is 1. The van der Waals surface area contributed by atoms with Crippen molar-refractivity contribution in [3.05, 3.63) is 34.9 Å². The highest BCUT2D eigenvalue weighted by molar-refractivity contribution is 6.30. The Hall–Kier alpha value is -0.530. The Morgan fingerprint density at radius 1 is 1.29 bits per heavy atom. The van der Waals surface area contributed by atoms with Crippen molar-refractivity contribution in [2.45, 2.75) is 45.6 Å². The van der Waals surface area contributed by atoms with E-state index in [2.05, 4.69) is 31.3 Å². The van der Waals surface area contributed by atoms with E-state index in [-0.39, 0.29) is 0 Å². The van der Waals surface area contributed by atoms with E-state index in [4.69, 9.17) is 11.6 Å². The predicted octanol–water partition coefficient (Wildman–Crippen LogP) is 4.82. The smallest absolute Gasteiger partial charge is 0.0409 e. The van der Waals surface area contributed by atoms with Crippen LogP contribution in [0.25, 0.3) is 0 Å². The summed E-state index contributed by atoms with van der Waals surface area (Å²) in [7, 11) is 2.04. The van der Waals surface area contributed by atoms with E-state index in [1.807, 2.05) is 19.2 Å². The number of hydrogen-bond acceptors (Lipinski definition) is 1. The first kappa shape index (κ1) is 14.5. The monoisotopic (exact) mass is 253 g/mol. The van der Waals surface area contributed by atoms with Crippen LogP contribution in [0, 0.1) is 5.92 Å². The second-order valence-electron chi connectivity index (χ2n) is 4.63. The molecule has 0 saturated carbocycles. The molecular formula is C15H24ClN. The van der Waals surface area contributed by atoms with Gasteiger partial charge in [-0.3, -0.25) is 0 Å². The number of nitrogens with one attached hydrogen (secondary N) is 1. The van der Waals surface area contributed by atoms with Gasteiger partial charge in [-0.15, -0.1) is 0 Å². The summed E-state index contributed by atoms with van der Waals surface area (Å²) in [5.41, 5.74) is 1.31. The molecule has 0 heterocycles. The molecule has 0 amide bonds. The average molecular weight is 254 g/mol. The van der Waals surface area contributed by atoms with Gasteiger partial charge < -0.3 is 5.32 Å². The zero-order valence-electron chi connectivity index (χ0n) is 11.2. The molecule has 1 aromatic carbocycles. The van der Waals surface area contributed by atoms with Gasteiger partial charge in [-0.25, -0.2) is 0 Å². The molecule has 0 aliphatic carbocycles. The zero-order chi connectivity index (χ0) is 12.7. The number of benzene rings is 1. The lowest BCUT2D eigenvalue weighted by atomic mass is 9.87. The van der Waals surface area contributed by atoms with Gasteiger partial charge in [0.25, 0.3) is 0 Å². The summed E-state index contributed by atoms with van der Waals surface area (Å²) in [6.07, 6.45) is 5.06. The highest BCUT2D eigenvalue weighted by Crippen LogP contribution is 2.29. The van der Waals surface area contributed by atoms with Gasteiger partial charge in [0.15, 0.2) is 0 Å². The first-order valence-electron chi connectivity index (χ1n) is 6.65. The topological polar surface area (TPSA) is 12.0 Å². The molecule has 0 saturated heterocycles. The second-order valence-corrected chi connectivity index (χ2v) is 5.07. The molecule has 1 rings (SSSR count). The molecule has 17 heavy (non-hydrogen) atoms. The van der Waals surface area contributed by atoms with Crippen LogP contribution in [0.4, 0.5) is 0 Å². The minimum atomic E-state index is 0.422. The lowest BCUT2D eigenvalue weighted by Crippen LogP contribution is -2.25. The Balaban J connectivity index is 2.81. The van der Waals surface area contributed by atoms with Crippen molar-refractivity contribution in [2.24, 2.45) is 5.92 Å². The fraction of sp³-hybridized carbons (Fsp3) is 0.600. The molecule has 1 N–H and O–H groups in total. The average Bonchev–Trinajstić information content (AvgIpc) is 2.34. The van der Waals surface area contributed by atoms with E-state index in [1.54, 1.807) is 0 Å². The standard InChI is InChI=1S/C15H24ClN/c1-4-6-8-12(5-2)15(17-3)13-9-7-10-14(16)11-13/h7,9-12,15,17H,4-6,8H2,1-3H3. The summed E-state index contributed by atoms with van der Waals surface area (Å²) in [6.45, 7) is 4.52. The minimum Gasteiger partial charge on any atom is -0.313 e. The van der Waals surface area contributed by atoms with Crippen molar-refractivity contribution in [3.63, 3.8) is 0 Å². The van der Waals surface area contributed by atoms with Gasteiger partial charge in [-0.2, -0.15) is 0 Å². The first-order valence-corrected chi connectivity index (χ1v) is 7.03. The van der Waals surface area contributed by atoms with Gasteiger partial charge in [-0.05, 0) is 37.1 Å². The third-order valence-corrected chi connectivity index (χ3v) is 3.68. The summed E-state index contributed by atoms with van der Waals surface area (Å²) < 4.78 is 0. The molecule has 0 radical (unpaired) electrons. The summed E-state index contributed by atoms with van der Waals surface area (Å²) >= 11 is 6.07. The highest BCUT2D eigenvalue weighted by Gasteiger charge is 2.19. The van der Waals surface area contributed by atoms with Crippen LogP contribution in [-0.4, -0.2) is 7.05 Å². The molecule has 96 valence electrons. The van der Waals surface area contributed by atoms with Crippen LogP contribution >= 0.6 is 11.6 Å². The van der Waals surface area contributed by atoms with Gasteiger partial charge in [-0.1, -0.05) is 56.8 Å². The first-order chi connectivity index (χ1) is 8.22. The lowest BCUT2D eigenvalue weighted by molar-refractivity contribution is 0.339. The van der Waals surface area contributed by atoms with Crippen molar-refractivity contribution in [2.75, 3.05) is 7.05 Å². The quantitative estimate of drug-likeness (QED) is 0.735. The van der Waals surface area contributed by atoms with Gasteiger partial charge in [0.05, 0.1) is 0 Å². The van der Waals surface area contributed by atoms with Crippen LogP contribution in [0.1, 0.15) is 51.1 Å². The Morgan fingerprint density at radius 3 is 2.59 bits per heavy atom. The fourth-order valence-electron chi connectivity index (χ4n) is 2.45. The predicted molar refractivity (Wildman–Crippen MR) is 76.6 cm³/mol. The Labute approximate surface area is 111 Å². The van der Waals surface area contributed by atoms with Gasteiger partial charge >= 0.3 is 0 Å². The molecule has 1 aromatic rings. The summed E-state index contributed by atoms with van der Waals surface area (Å²) in [6, 6.07) is 8.64. The number of rotatable bonds is 7. The summed E-state index contributed by atoms with van der Waals surface area (Å²) in [5, 5.41) is 4.27. The third kappa shape index (κ3) is 4.33. The summed E-state index contributed by atoms with van der Waals surface area (Å²) in [5.74, 6) is 0.693. The van der Waals surface area contributed by atoms with E-state index in [0.29, 0.717) is 12.0 Å². The molecule has 0 aliphatic rings.